The molecule has 0 aliphatic carbocycles. The Kier molecular flexibility index (Phi) is 6.46. The molecule has 0 radical (unpaired) electrons. The highest BCUT2D eigenvalue weighted by molar-refractivity contribution is 7.80. The lowest BCUT2D eigenvalue weighted by molar-refractivity contribution is -0.137. The van der Waals surface area contributed by atoms with Gasteiger partial charge in [-0.15, -0.1) is 0 Å². The molecule has 0 spiro atoms. The minimum atomic E-state index is -4.29. The molecule has 1 N–H and O–H groups in total. The van der Waals surface area contributed by atoms with Gasteiger partial charge in [0, 0.05) is 39.3 Å². The fraction of sp³-hybridized carbons (Fsp3) is 0.588. The van der Waals surface area contributed by atoms with Crippen LogP contribution in [0.15, 0.2) is 24.3 Å². The van der Waals surface area contributed by atoms with E-state index in [2.05, 4.69) is 29.0 Å². The van der Waals surface area contributed by atoms with E-state index in [0.29, 0.717) is 18.0 Å². The second-order valence-electron chi connectivity index (χ2n) is 6.54. The van der Waals surface area contributed by atoms with Gasteiger partial charge in [-0.25, -0.2) is 0 Å². The molecule has 1 heterocycles. The number of nitrogens with zero attached hydrogens (tertiary/aromatic N) is 2. The number of nitrogens with one attached hydrogen (secondary N) is 1. The summed E-state index contributed by atoms with van der Waals surface area (Å²) in [5, 5.41) is 4.02. The molecule has 2 rings (SSSR count). The van der Waals surface area contributed by atoms with E-state index < -0.39 is 11.7 Å². The van der Waals surface area contributed by atoms with E-state index in [-0.39, 0.29) is 0 Å². The highest BCUT2D eigenvalue weighted by Gasteiger charge is 2.30. The quantitative estimate of drug-likeness (QED) is 0.831. The van der Waals surface area contributed by atoms with Gasteiger partial charge in [0.2, 0.25) is 0 Å². The summed E-state index contributed by atoms with van der Waals surface area (Å²) in [6.45, 7) is 8.81. The Bertz CT molecular complexity index is 552. The molecule has 1 aliphatic heterocycles. The van der Waals surface area contributed by atoms with Gasteiger partial charge in [0.05, 0.1) is 5.56 Å². The number of thiocarbonyl (C=S) groups is 1. The van der Waals surface area contributed by atoms with Crippen LogP contribution in [-0.2, 0) is 12.7 Å². The molecular weight excluding hydrogens is 335 g/mol. The molecular formula is C17H24F3N3S. The number of hydrogen-bond donors (Lipinski definition) is 1. The van der Waals surface area contributed by atoms with Crippen LogP contribution in [0.25, 0.3) is 0 Å². The first-order valence-electron chi connectivity index (χ1n) is 8.17. The predicted octanol–water partition coefficient (Wildman–Crippen LogP) is 3.35. The molecule has 24 heavy (non-hydrogen) atoms. The van der Waals surface area contributed by atoms with E-state index in [9.17, 15) is 13.2 Å². The largest absolute Gasteiger partial charge is 0.416 e. The molecule has 0 atom stereocenters. The van der Waals surface area contributed by atoms with E-state index in [1.807, 2.05) is 0 Å². The zero-order chi connectivity index (χ0) is 17.7. The molecule has 1 saturated heterocycles. The molecule has 0 unspecified atom stereocenters. The van der Waals surface area contributed by atoms with E-state index in [4.69, 9.17) is 12.2 Å². The van der Waals surface area contributed by atoms with Crippen molar-refractivity contribution in [2.24, 2.45) is 5.92 Å². The van der Waals surface area contributed by atoms with Gasteiger partial charge in [-0.3, -0.25) is 4.90 Å². The number of hydrogen-bond acceptors (Lipinski definition) is 2. The Morgan fingerprint density at radius 2 is 1.88 bits per heavy atom. The normalized spacial score (nSPS) is 16.5. The first-order valence-corrected chi connectivity index (χ1v) is 8.58. The van der Waals surface area contributed by atoms with Gasteiger partial charge in [-0.1, -0.05) is 32.0 Å². The third-order valence-corrected chi connectivity index (χ3v) is 4.38. The van der Waals surface area contributed by atoms with Crippen molar-refractivity contribution in [3.63, 3.8) is 0 Å². The van der Waals surface area contributed by atoms with Gasteiger partial charge >= 0.3 is 6.18 Å². The number of benzene rings is 1. The smallest absolute Gasteiger partial charge is 0.362 e. The maximum atomic E-state index is 12.8. The van der Waals surface area contributed by atoms with Gasteiger partial charge in [0.1, 0.15) is 0 Å². The van der Waals surface area contributed by atoms with Crippen molar-refractivity contribution < 1.29 is 13.2 Å². The second kappa shape index (κ2) is 8.16. The molecule has 7 heteroatoms. The van der Waals surface area contributed by atoms with Gasteiger partial charge in [-0.05, 0) is 29.8 Å². The number of halogens is 3. The van der Waals surface area contributed by atoms with Crippen LogP contribution in [-0.4, -0.2) is 47.6 Å². The second-order valence-corrected chi connectivity index (χ2v) is 6.93. The van der Waals surface area contributed by atoms with Gasteiger partial charge in [0.15, 0.2) is 5.11 Å². The third-order valence-electron chi connectivity index (χ3n) is 3.98. The standard InChI is InChI=1S/C17H24F3N3S/c1-13(2)11-21-16(24)23-8-6-22(7-9-23)12-14-4-3-5-15(10-14)17(18,19)20/h3-5,10,13H,6-9,11-12H2,1-2H3,(H,21,24). The molecule has 1 fully saturated rings. The first kappa shape index (κ1) is 19.0. The Balaban J connectivity index is 1.84. The van der Waals surface area contributed by atoms with Crippen LogP contribution < -0.4 is 5.32 Å². The molecule has 0 amide bonds. The van der Waals surface area contributed by atoms with Crippen LogP contribution in [0.4, 0.5) is 13.2 Å². The highest BCUT2D eigenvalue weighted by atomic mass is 32.1. The minimum absolute atomic E-state index is 0.532. The summed E-state index contributed by atoms with van der Waals surface area (Å²) >= 11 is 5.39. The van der Waals surface area contributed by atoms with Gasteiger partial charge < -0.3 is 10.2 Å². The average molecular weight is 359 g/mol. The zero-order valence-corrected chi connectivity index (χ0v) is 14.9. The highest BCUT2D eigenvalue weighted by Crippen LogP contribution is 2.29. The van der Waals surface area contributed by atoms with Crippen molar-refractivity contribution in [2.75, 3.05) is 32.7 Å². The Morgan fingerprint density at radius 1 is 1.21 bits per heavy atom. The lowest BCUT2D eigenvalue weighted by Gasteiger charge is -2.36. The van der Waals surface area contributed by atoms with Crippen molar-refractivity contribution in [1.82, 2.24) is 15.1 Å². The van der Waals surface area contributed by atoms with E-state index in [1.165, 1.54) is 12.1 Å². The van der Waals surface area contributed by atoms with Crippen molar-refractivity contribution in [3.8, 4) is 0 Å². The molecule has 1 aromatic rings. The number of alkyl halides is 3. The first-order chi connectivity index (χ1) is 11.3. The van der Waals surface area contributed by atoms with Crippen LogP contribution in [0.2, 0.25) is 0 Å². The summed E-state index contributed by atoms with van der Waals surface area (Å²) in [5.74, 6) is 0.533. The fourth-order valence-corrected chi connectivity index (χ4v) is 2.88. The minimum Gasteiger partial charge on any atom is -0.362 e. The number of piperazine rings is 1. The van der Waals surface area contributed by atoms with Crippen LogP contribution in [0.5, 0.6) is 0 Å². The Morgan fingerprint density at radius 3 is 2.46 bits per heavy atom. The van der Waals surface area contributed by atoms with Gasteiger partial charge in [-0.2, -0.15) is 13.2 Å². The lowest BCUT2D eigenvalue weighted by Crippen LogP contribution is -2.51. The van der Waals surface area contributed by atoms with E-state index in [0.717, 1.165) is 43.9 Å². The summed E-state index contributed by atoms with van der Waals surface area (Å²) in [6.07, 6.45) is -4.29. The van der Waals surface area contributed by atoms with Crippen molar-refractivity contribution in [3.05, 3.63) is 35.4 Å². The topological polar surface area (TPSA) is 18.5 Å². The van der Waals surface area contributed by atoms with Gasteiger partial charge in [0.25, 0.3) is 0 Å². The average Bonchev–Trinajstić information content (AvgIpc) is 2.53. The van der Waals surface area contributed by atoms with E-state index >= 15 is 0 Å². The lowest BCUT2D eigenvalue weighted by atomic mass is 10.1. The number of rotatable bonds is 4. The molecule has 0 bridgehead atoms. The fourth-order valence-electron chi connectivity index (χ4n) is 2.62. The summed E-state index contributed by atoms with van der Waals surface area (Å²) in [5.41, 5.74) is 0.108. The molecule has 0 aromatic heterocycles. The van der Waals surface area contributed by atoms with Crippen LogP contribution in [0.3, 0.4) is 0 Å². The van der Waals surface area contributed by atoms with Crippen LogP contribution in [0, 0.1) is 5.92 Å². The predicted molar refractivity (Wildman–Crippen MR) is 93.7 cm³/mol. The molecule has 1 aliphatic rings. The molecule has 0 saturated carbocycles. The molecule has 3 nitrogen and oxygen atoms in total. The Hall–Kier alpha value is -1.34. The Labute approximate surface area is 146 Å². The summed E-state index contributed by atoms with van der Waals surface area (Å²) in [4.78, 5) is 4.29. The summed E-state index contributed by atoms with van der Waals surface area (Å²) < 4.78 is 38.3. The van der Waals surface area contributed by atoms with Crippen LogP contribution >= 0.6 is 12.2 Å². The maximum absolute atomic E-state index is 12.8. The van der Waals surface area contributed by atoms with Crippen molar-refractivity contribution in [2.45, 2.75) is 26.6 Å². The third kappa shape index (κ3) is 5.63. The van der Waals surface area contributed by atoms with Crippen LogP contribution in [0.1, 0.15) is 25.0 Å². The summed E-state index contributed by atoms with van der Waals surface area (Å²) in [7, 11) is 0. The molecule has 1 aromatic carbocycles. The zero-order valence-electron chi connectivity index (χ0n) is 14.1. The van der Waals surface area contributed by atoms with E-state index in [1.54, 1.807) is 6.07 Å². The SMILES string of the molecule is CC(C)CNC(=S)N1CCN(Cc2cccc(C(F)(F)F)c2)CC1. The summed E-state index contributed by atoms with van der Waals surface area (Å²) in [6, 6.07) is 5.57. The molecule has 134 valence electrons. The van der Waals surface area contributed by atoms with Crippen molar-refractivity contribution >= 4 is 17.3 Å². The van der Waals surface area contributed by atoms with Crippen molar-refractivity contribution in [1.29, 1.82) is 0 Å². The maximum Gasteiger partial charge on any atom is 0.416 e. The monoisotopic (exact) mass is 359 g/mol.